The Bertz CT molecular complexity index is 450. The van der Waals surface area contributed by atoms with Crippen LogP contribution in [0, 0.1) is 0 Å². The summed E-state index contributed by atoms with van der Waals surface area (Å²) in [5, 5.41) is 21.9. The highest BCUT2D eigenvalue weighted by atomic mass is 16.5. The van der Waals surface area contributed by atoms with E-state index in [0.29, 0.717) is 31.9 Å². The average Bonchev–Trinajstić information content (AvgIpc) is 2.45. The van der Waals surface area contributed by atoms with Crippen LogP contribution in [0.2, 0.25) is 0 Å². The maximum absolute atomic E-state index is 11.4. The molecule has 1 rings (SSSR count). The SMILES string of the molecule is CCOCCCNC(C(=O)O)c1ccc(O)c(OCC)c1. The number of benzene rings is 1. The van der Waals surface area contributed by atoms with Crippen LogP contribution in [-0.2, 0) is 9.53 Å². The van der Waals surface area contributed by atoms with Gasteiger partial charge in [-0.15, -0.1) is 0 Å². The van der Waals surface area contributed by atoms with Gasteiger partial charge >= 0.3 is 5.97 Å². The van der Waals surface area contributed by atoms with Crippen molar-refractivity contribution in [3.8, 4) is 11.5 Å². The lowest BCUT2D eigenvalue weighted by molar-refractivity contribution is -0.139. The fourth-order valence-electron chi connectivity index (χ4n) is 1.89. The molecule has 0 bridgehead atoms. The van der Waals surface area contributed by atoms with Crippen LogP contribution in [0.25, 0.3) is 0 Å². The standard InChI is InChI=1S/C15H23NO5/c1-3-20-9-5-8-16-14(15(18)19)11-6-7-12(17)13(10-11)21-4-2/h6-7,10,14,16-17H,3-5,8-9H2,1-2H3,(H,18,19). The van der Waals surface area contributed by atoms with Gasteiger partial charge in [-0.05, 0) is 44.5 Å². The number of aliphatic carboxylic acids is 1. The summed E-state index contributed by atoms with van der Waals surface area (Å²) >= 11 is 0. The maximum atomic E-state index is 11.4. The largest absolute Gasteiger partial charge is 0.504 e. The summed E-state index contributed by atoms with van der Waals surface area (Å²) in [6, 6.07) is 3.73. The van der Waals surface area contributed by atoms with Crippen molar-refractivity contribution in [2.45, 2.75) is 26.3 Å². The number of phenolic OH excluding ortho intramolecular Hbond substituents is 1. The summed E-state index contributed by atoms with van der Waals surface area (Å²) in [7, 11) is 0. The quantitative estimate of drug-likeness (QED) is 0.572. The van der Waals surface area contributed by atoms with Crippen molar-refractivity contribution in [1.29, 1.82) is 0 Å². The molecule has 1 unspecified atom stereocenters. The molecule has 6 heteroatoms. The fraction of sp³-hybridized carbons (Fsp3) is 0.533. The lowest BCUT2D eigenvalue weighted by Gasteiger charge is -2.16. The Morgan fingerprint density at radius 3 is 2.71 bits per heavy atom. The number of rotatable bonds is 10. The van der Waals surface area contributed by atoms with Crippen LogP contribution in [0.15, 0.2) is 18.2 Å². The number of carbonyl (C=O) groups is 1. The van der Waals surface area contributed by atoms with Crippen LogP contribution in [0.1, 0.15) is 31.9 Å². The van der Waals surface area contributed by atoms with Gasteiger partial charge in [0.1, 0.15) is 6.04 Å². The average molecular weight is 297 g/mol. The maximum Gasteiger partial charge on any atom is 0.325 e. The first kappa shape index (κ1) is 17.3. The van der Waals surface area contributed by atoms with Gasteiger partial charge < -0.3 is 25.0 Å². The van der Waals surface area contributed by atoms with Gasteiger partial charge in [0.2, 0.25) is 0 Å². The topological polar surface area (TPSA) is 88.0 Å². The van der Waals surface area contributed by atoms with Gasteiger partial charge in [0.25, 0.3) is 0 Å². The van der Waals surface area contributed by atoms with E-state index in [1.807, 2.05) is 6.92 Å². The first-order chi connectivity index (χ1) is 10.1. The van der Waals surface area contributed by atoms with Crippen molar-refractivity contribution in [3.05, 3.63) is 23.8 Å². The first-order valence-electron chi connectivity index (χ1n) is 7.09. The number of carboxylic acid groups (broad SMARTS) is 1. The van der Waals surface area contributed by atoms with E-state index in [2.05, 4.69) is 5.32 Å². The van der Waals surface area contributed by atoms with Crippen molar-refractivity contribution in [2.75, 3.05) is 26.4 Å². The molecule has 0 saturated carbocycles. The zero-order chi connectivity index (χ0) is 15.7. The van der Waals surface area contributed by atoms with E-state index in [1.54, 1.807) is 19.1 Å². The van der Waals surface area contributed by atoms with Crippen LogP contribution in [0.5, 0.6) is 11.5 Å². The summed E-state index contributed by atoms with van der Waals surface area (Å²) < 4.78 is 10.5. The molecule has 0 amide bonds. The van der Waals surface area contributed by atoms with E-state index in [0.717, 1.165) is 6.42 Å². The van der Waals surface area contributed by atoms with E-state index >= 15 is 0 Å². The summed E-state index contributed by atoms with van der Waals surface area (Å²) in [6.45, 7) is 5.89. The molecule has 1 atom stereocenters. The Kier molecular flexibility index (Phi) is 7.56. The molecule has 3 N–H and O–H groups in total. The highest BCUT2D eigenvalue weighted by Crippen LogP contribution is 2.29. The zero-order valence-electron chi connectivity index (χ0n) is 12.5. The van der Waals surface area contributed by atoms with Crippen molar-refractivity contribution in [2.24, 2.45) is 0 Å². The fourth-order valence-corrected chi connectivity index (χ4v) is 1.89. The number of ether oxygens (including phenoxy) is 2. The minimum atomic E-state index is -0.973. The Hall–Kier alpha value is -1.79. The summed E-state index contributed by atoms with van der Waals surface area (Å²) in [5.74, 6) is -0.682. The number of hydrogen-bond acceptors (Lipinski definition) is 5. The Morgan fingerprint density at radius 2 is 2.10 bits per heavy atom. The summed E-state index contributed by atoms with van der Waals surface area (Å²) in [4.78, 5) is 11.4. The van der Waals surface area contributed by atoms with Crippen molar-refractivity contribution >= 4 is 5.97 Å². The zero-order valence-corrected chi connectivity index (χ0v) is 12.5. The number of carboxylic acids is 1. The highest BCUT2D eigenvalue weighted by molar-refractivity contribution is 5.76. The molecule has 0 spiro atoms. The minimum absolute atomic E-state index is 0.00100. The van der Waals surface area contributed by atoms with Crippen molar-refractivity contribution in [1.82, 2.24) is 5.32 Å². The van der Waals surface area contributed by atoms with Gasteiger partial charge in [-0.3, -0.25) is 4.79 Å². The van der Waals surface area contributed by atoms with Gasteiger partial charge in [0, 0.05) is 13.2 Å². The molecule has 0 aliphatic rings. The monoisotopic (exact) mass is 297 g/mol. The second-order valence-electron chi connectivity index (χ2n) is 4.44. The molecule has 1 aromatic carbocycles. The molecule has 21 heavy (non-hydrogen) atoms. The Balaban J connectivity index is 2.71. The third-order valence-corrected chi connectivity index (χ3v) is 2.88. The highest BCUT2D eigenvalue weighted by Gasteiger charge is 2.20. The molecule has 118 valence electrons. The number of hydrogen-bond donors (Lipinski definition) is 3. The van der Waals surface area contributed by atoms with Crippen LogP contribution in [-0.4, -0.2) is 42.5 Å². The van der Waals surface area contributed by atoms with Crippen LogP contribution < -0.4 is 10.1 Å². The summed E-state index contributed by atoms with van der Waals surface area (Å²) in [5.41, 5.74) is 0.542. The van der Waals surface area contributed by atoms with E-state index in [9.17, 15) is 15.0 Å². The predicted octanol–water partition coefficient (Wildman–Crippen LogP) is 1.93. The summed E-state index contributed by atoms with van der Waals surface area (Å²) in [6.07, 6.45) is 0.730. The molecule has 0 aliphatic heterocycles. The first-order valence-corrected chi connectivity index (χ1v) is 7.09. The molecular formula is C15H23NO5. The number of phenols is 1. The van der Waals surface area contributed by atoms with Gasteiger partial charge in [-0.1, -0.05) is 6.07 Å². The van der Waals surface area contributed by atoms with Crippen LogP contribution in [0.3, 0.4) is 0 Å². The molecule has 0 heterocycles. The van der Waals surface area contributed by atoms with E-state index < -0.39 is 12.0 Å². The van der Waals surface area contributed by atoms with Crippen LogP contribution >= 0.6 is 0 Å². The van der Waals surface area contributed by atoms with E-state index in [1.165, 1.54) is 6.07 Å². The van der Waals surface area contributed by atoms with Gasteiger partial charge in [-0.2, -0.15) is 0 Å². The predicted molar refractivity (Wildman–Crippen MR) is 78.8 cm³/mol. The molecule has 0 saturated heterocycles. The molecular weight excluding hydrogens is 274 g/mol. The van der Waals surface area contributed by atoms with Gasteiger partial charge in [0.05, 0.1) is 6.61 Å². The third-order valence-electron chi connectivity index (χ3n) is 2.88. The number of nitrogens with one attached hydrogen (secondary N) is 1. The minimum Gasteiger partial charge on any atom is -0.504 e. The van der Waals surface area contributed by atoms with Crippen LogP contribution in [0.4, 0.5) is 0 Å². The Morgan fingerprint density at radius 1 is 1.33 bits per heavy atom. The molecule has 6 nitrogen and oxygen atoms in total. The Labute approximate surface area is 124 Å². The van der Waals surface area contributed by atoms with E-state index in [-0.39, 0.29) is 11.5 Å². The molecule has 0 aromatic heterocycles. The molecule has 0 aliphatic carbocycles. The van der Waals surface area contributed by atoms with Gasteiger partial charge in [-0.25, -0.2) is 0 Å². The third kappa shape index (κ3) is 5.61. The lowest BCUT2D eigenvalue weighted by Crippen LogP contribution is -2.29. The second-order valence-corrected chi connectivity index (χ2v) is 4.44. The molecule has 1 aromatic rings. The van der Waals surface area contributed by atoms with Gasteiger partial charge in [0.15, 0.2) is 11.5 Å². The molecule has 0 radical (unpaired) electrons. The second kappa shape index (κ2) is 9.20. The lowest BCUT2D eigenvalue weighted by atomic mass is 10.1. The smallest absolute Gasteiger partial charge is 0.325 e. The molecule has 0 fully saturated rings. The van der Waals surface area contributed by atoms with E-state index in [4.69, 9.17) is 9.47 Å². The number of aromatic hydroxyl groups is 1. The van der Waals surface area contributed by atoms with Crippen molar-refractivity contribution < 1.29 is 24.5 Å². The van der Waals surface area contributed by atoms with Crippen molar-refractivity contribution in [3.63, 3.8) is 0 Å². The normalized spacial score (nSPS) is 12.1.